The van der Waals surface area contributed by atoms with Crippen LogP contribution in [0.25, 0.3) is 0 Å². The first-order chi connectivity index (χ1) is 7.59. The van der Waals surface area contributed by atoms with Crippen LogP contribution in [0, 0.1) is 0 Å². The first-order valence-electron chi connectivity index (χ1n) is 4.83. The second kappa shape index (κ2) is 4.55. The summed E-state index contributed by atoms with van der Waals surface area (Å²) in [6, 6.07) is -0.303. The van der Waals surface area contributed by atoms with Gasteiger partial charge in [0.2, 0.25) is 11.2 Å². The highest BCUT2D eigenvalue weighted by Gasteiger charge is 2.31. The van der Waals surface area contributed by atoms with Crippen LogP contribution in [0.15, 0.2) is 10.7 Å². The Morgan fingerprint density at radius 3 is 3.12 bits per heavy atom. The standard InChI is InChI=1S/C9H10BrClN4O/c10-5-4-13-9(11)14-8(5)15-3-1-2-6(15)7(12)16/h4,6H,1-3H2,(H2,12,16). The molecule has 1 aliphatic heterocycles. The molecule has 7 heteroatoms. The maximum atomic E-state index is 11.3. The number of aromatic nitrogens is 2. The Hall–Kier alpha value is -0.880. The van der Waals surface area contributed by atoms with E-state index in [-0.39, 0.29) is 17.2 Å². The van der Waals surface area contributed by atoms with Crippen molar-refractivity contribution in [2.24, 2.45) is 5.73 Å². The molecule has 1 amide bonds. The molecule has 0 aliphatic carbocycles. The molecule has 1 aliphatic rings. The fraction of sp³-hybridized carbons (Fsp3) is 0.444. The molecule has 16 heavy (non-hydrogen) atoms. The van der Waals surface area contributed by atoms with Crippen molar-refractivity contribution in [1.82, 2.24) is 9.97 Å². The van der Waals surface area contributed by atoms with Crippen molar-refractivity contribution in [3.05, 3.63) is 16.0 Å². The van der Waals surface area contributed by atoms with Gasteiger partial charge in [0.05, 0.1) is 4.47 Å². The van der Waals surface area contributed by atoms with Crippen molar-refractivity contribution in [3.8, 4) is 0 Å². The van der Waals surface area contributed by atoms with Crippen molar-refractivity contribution < 1.29 is 4.79 Å². The van der Waals surface area contributed by atoms with E-state index in [1.807, 2.05) is 4.90 Å². The van der Waals surface area contributed by atoms with Crippen molar-refractivity contribution in [1.29, 1.82) is 0 Å². The first kappa shape index (κ1) is 11.6. The summed E-state index contributed by atoms with van der Waals surface area (Å²) in [5.74, 6) is 0.292. The maximum Gasteiger partial charge on any atom is 0.240 e. The number of rotatable bonds is 2. The van der Waals surface area contributed by atoms with Gasteiger partial charge in [-0.15, -0.1) is 0 Å². The fourth-order valence-electron chi connectivity index (χ4n) is 1.85. The number of amides is 1. The van der Waals surface area contributed by atoms with Gasteiger partial charge in [0.25, 0.3) is 0 Å². The van der Waals surface area contributed by atoms with Gasteiger partial charge in [0.1, 0.15) is 11.9 Å². The summed E-state index contributed by atoms with van der Waals surface area (Å²) in [4.78, 5) is 21.1. The van der Waals surface area contributed by atoms with Crippen molar-refractivity contribution >= 4 is 39.3 Å². The normalized spacial score (nSPS) is 20.1. The van der Waals surface area contributed by atoms with E-state index in [2.05, 4.69) is 25.9 Å². The number of carbonyl (C=O) groups excluding carboxylic acids is 1. The molecule has 86 valence electrons. The smallest absolute Gasteiger partial charge is 0.240 e. The Bertz CT molecular complexity index is 428. The number of carbonyl (C=O) groups is 1. The molecule has 2 rings (SSSR count). The lowest BCUT2D eigenvalue weighted by Crippen LogP contribution is -2.41. The monoisotopic (exact) mass is 304 g/mol. The van der Waals surface area contributed by atoms with E-state index < -0.39 is 0 Å². The summed E-state index contributed by atoms with van der Waals surface area (Å²) in [6.45, 7) is 0.750. The lowest BCUT2D eigenvalue weighted by Gasteiger charge is -2.23. The maximum absolute atomic E-state index is 11.3. The van der Waals surface area contributed by atoms with Crippen LogP contribution < -0.4 is 10.6 Å². The van der Waals surface area contributed by atoms with Gasteiger partial charge in [-0.05, 0) is 40.4 Å². The number of anilines is 1. The van der Waals surface area contributed by atoms with Gasteiger partial charge in [-0.1, -0.05) is 0 Å². The van der Waals surface area contributed by atoms with E-state index in [9.17, 15) is 4.79 Å². The third-order valence-electron chi connectivity index (χ3n) is 2.55. The van der Waals surface area contributed by atoms with Crippen LogP contribution in [0.1, 0.15) is 12.8 Å². The molecule has 0 bridgehead atoms. The molecule has 0 radical (unpaired) electrons. The second-order valence-electron chi connectivity index (χ2n) is 3.56. The third-order valence-corrected chi connectivity index (χ3v) is 3.29. The van der Waals surface area contributed by atoms with Gasteiger partial charge in [0.15, 0.2) is 0 Å². The van der Waals surface area contributed by atoms with Crippen molar-refractivity contribution in [2.45, 2.75) is 18.9 Å². The number of hydrogen-bond donors (Lipinski definition) is 1. The average Bonchev–Trinajstić information content (AvgIpc) is 2.70. The summed E-state index contributed by atoms with van der Waals surface area (Å²) >= 11 is 9.08. The Morgan fingerprint density at radius 2 is 2.44 bits per heavy atom. The molecule has 0 saturated carbocycles. The molecular weight excluding hydrogens is 295 g/mol. The Labute approximate surface area is 106 Å². The summed E-state index contributed by atoms with van der Waals surface area (Å²) < 4.78 is 0.713. The lowest BCUT2D eigenvalue weighted by atomic mass is 10.2. The predicted molar refractivity (Wildman–Crippen MR) is 64.3 cm³/mol. The van der Waals surface area contributed by atoms with Crippen LogP contribution in [0.4, 0.5) is 5.82 Å². The minimum Gasteiger partial charge on any atom is -0.368 e. The van der Waals surface area contributed by atoms with Gasteiger partial charge in [-0.2, -0.15) is 4.98 Å². The molecule has 2 heterocycles. The highest BCUT2D eigenvalue weighted by atomic mass is 79.9. The molecule has 1 unspecified atom stereocenters. The minimum absolute atomic E-state index is 0.160. The molecule has 0 spiro atoms. The van der Waals surface area contributed by atoms with Crippen LogP contribution in [0.2, 0.25) is 5.28 Å². The van der Waals surface area contributed by atoms with E-state index >= 15 is 0 Å². The zero-order valence-electron chi connectivity index (χ0n) is 8.36. The van der Waals surface area contributed by atoms with Crippen molar-refractivity contribution in [2.75, 3.05) is 11.4 Å². The number of hydrogen-bond acceptors (Lipinski definition) is 4. The molecule has 0 aromatic carbocycles. The topological polar surface area (TPSA) is 72.1 Å². The SMILES string of the molecule is NC(=O)C1CCCN1c1nc(Cl)ncc1Br. The summed E-state index contributed by atoms with van der Waals surface area (Å²) in [6.07, 6.45) is 3.24. The van der Waals surface area contributed by atoms with Gasteiger partial charge >= 0.3 is 0 Å². The van der Waals surface area contributed by atoms with Crippen LogP contribution in [0.3, 0.4) is 0 Å². The van der Waals surface area contributed by atoms with Crippen LogP contribution in [-0.4, -0.2) is 28.5 Å². The summed E-state index contributed by atoms with van der Waals surface area (Å²) in [5, 5.41) is 0.160. The molecule has 1 atom stereocenters. The van der Waals surface area contributed by atoms with Crippen LogP contribution >= 0.6 is 27.5 Å². The largest absolute Gasteiger partial charge is 0.368 e. The number of halogens is 2. The fourth-order valence-corrected chi connectivity index (χ4v) is 2.40. The zero-order valence-corrected chi connectivity index (χ0v) is 10.7. The second-order valence-corrected chi connectivity index (χ2v) is 4.76. The molecule has 1 saturated heterocycles. The molecule has 1 aromatic heterocycles. The predicted octanol–water partition coefficient (Wildman–Crippen LogP) is 1.35. The number of nitrogens with zero attached hydrogens (tertiary/aromatic N) is 3. The molecule has 5 nitrogen and oxygen atoms in total. The zero-order chi connectivity index (χ0) is 11.7. The average molecular weight is 306 g/mol. The van der Waals surface area contributed by atoms with E-state index in [4.69, 9.17) is 17.3 Å². The molecule has 1 fully saturated rings. The van der Waals surface area contributed by atoms with Crippen LogP contribution in [0.5, 0.6) is 0 Å². The molecule has 2 N–H and O–H groups in total. The summed E-state index contributed by atoms with van der Waals surface area (Å²) in [7, 11) is 0. The van der Waals surface area contributed by atoms with Gasteiger partial charge in [-0.25, -0.2) is 4.98 Å². The van der Waals surface area contributed by atoms with Gasteiger partial charge in [-0.3, -0.25) is 4.79 Å². The molecule has 1 aromatic rings. The van der Waals surface area contributed by atoms with E-state index in [1.54, 1.807) is 6.20 Å². The summed E-state index contributed by atoms with van der Waals surface area (Å²) in [5.41, 5.74) is 5.34. The first-order valence-corrected chi connectivity index (χ1v) is 6.00. The van der Waals surface area contributed by atoms with E-state index in [0.717, 1.165) is 19.4 Å². The Kier molecular flexibility index (Phi) is 3.30. The Morgan fingerprint density at radius 1 is 1.69 bits per heavy atom. The van der Waals surface area contributed by atoms with Gasteiger partial charge < -0.3 is 10.6 Å². The highest BCUT2D eigenvalue weighted by molar-refractivity contribution is 9.10. The quantitative estimate of drug-likeness (QED) is 0.837. The van der Waals surface area contributed by atoms with Gasteiger partial charge in [0, 0.05) is 12.7 Å². The van der Waals surface area contributed by atoms with Crippen molar-refractivity contribution in [3.63, 3.8) is 0 Å². The highest BCUT2D eigenvalue weighted by Crippen LogP contribution is 2.30. The minimum atomic E-state index is -0.334. The Balaban J connectivity index is 2.35. The number of primary amides is 1. The van der Waals surface area contributed by atoms with Crippen LogP contribution in [-0.2, 0) is 4.79 Å². The number of nitrogens with two attached hydrogens (primary N) is 1. The van der Waals surface area contributed by atoms with E-state index in [1.165, 1.54) is 0 Å². The molecular formula is C9H10BrClN4O. The van der Waals surface area contributed by atoms with E-state index in [0.29, 0.717) is 10.3 Å². The lowest BCUT2D eigenvalue weighted by molar-refractivity contribution is -0.119. The third kappa shape index (κ3) is 2.12.